The number of halogens is 1. The van der Waals surface area contributed by atoms with Gasteiger partial charge in [0, 0.05) is 51.4 Å². The molecule has 2 aromatic carbocycles. The summed E-state index contributed by atoms with van der Waals surface area (Å²) < 4.78 is 5.53. The first-order valence-electron chi connectivity index (χ1n) is 11.7. The van der Waals surface area contributed by atoms with E-state index in [1.54, 1.807) is 4.90 Å². The number of amides is 1. The van der Waals surface area contributed by atoms with Crippen LogP contribution in [0.3, 0.4) is 0 Å². The molecule has 0 aliphatic carbocycles. The molecule has 2 aliphatic rings. The highest BCUT2D eigenvalue weighted by Gasteiger charge is 2.31. The highest BCUT2D eigenvalue weighted by molar-refractivity contribution is 6.28. The number of anilines is 1. The number of rotatable bonds is 3. The van der Waals surface area contributed by atoms with Crippen molar-refractivity contribution in [3.05, 3.63) is 64.6 Å². The number of benzene rings is 2. The van der Waals surface area contributed by atoms with Gasteiger partial charge in [0.2, 0.25) is 5.28 Å². The van der Waals surface area contributed by atoms with Crippen LogP contribution in [-0.4, -0.2) is 57.6 Å². The number of carbonyl (C=O) groups excluding carboxylic acids is 1. The van der Waals surface area contributed by atoms with Crippen LogP contribution in [0.1, 0.15) is 37.6 Å². The van der Waals surface area contributed by atoms with Crippen LogP contribution in [0.4, 0.5) is 10.6 Å². The van der Waals surface area contributed by atoms with Crippen molar-refractivity contribution >= 4 is 34.3 Å². The van der Waals surface area contributed by atoms with Crippen molar-refractivity contribution in [1.82, 2.24) is 19.8 Å². The summed E-state index contributed by atoms with van der Waals surface area (Å²) in [5.74, 6) is 0.888. The van der Waals surface area contributed by atoms with E-state index in [-0.39, 0.29) is 11.4 Å². The number of fused-ring (bicyclic) bond motifs is 2. The monoisotopic (exact) mass is 479 g/mol. The molecule has 3 heterocycles. The maximum atomic E-state index is 12.4. The topological polar surface area (TPSA) is 61.8 Å². The molecule has 34 heavy (non-hydrogen) atoms. The van der Waals surface area contributed by atoms with Crippen molar-refractivity contribution in [2.24, 2.45) is 0 Å². The lowest BCUT2D eigenvalue weighted by molar-refractivity contribution is 0.0240. The second-order valence-electron chi connectivity index (χ2n) is 9.98. The average molecular weight is 480 g/mol. The molecule has 0 atom stereocenters. The number of nitrogens with zero attached hydrogens (tertiary/aromatic N) is 5. The zero-order chi connectivity index (χ0) is 23.9. The van der Waals surface area contributed by atoms with Gasteiger partial charge in [0.1, 0.15) is 11.4 Å². The molecular formula is C26H30ClN5O2. The lowest BCUT2D eigenvalue weighted by atomic mass is 10.0. The Morgan fingerprint density at radius 2 is 1.74 bits per heavy atom. The van der Waals surface area contributed by atoms with Crippen molar-refractivity contribution in [3.63, 3.8) is 0 Å². The quantitative estimate of drug-likeness (QED) is 0.500. The SMILES string of the molecule is CC(C)(C)OC(=O)N1CCN(c2nc(Cl)nc3c2CN(Cc2cccc4ccccc24)C3)CC1. The minimum Gasteiger partial charge on any atom is -0.444 e. The zero-order valence-electron chi connectivity index (χ0n) is 19.9. The lowest BCUT2D eigenvalue weighted by Crippen LogP contribution is -2.50. The van der Waals surface area contributed by atoms with E-state index in [1.807, 2.05) is 20.8 Å². The van der Waals surface area contributed by atoms with Gasteiger partial charge in [-0.05, 0) is 48.7 Å². The van der Waals surface area contributed by atoms with Crippen molar-refractivity contribution in [2.45, 2.75) is 46.0 Å². The Balaban J connectivity index is 1.30. The molecular weight excluding hydrogens is 450 g/mol. The number of carbonyl (C=O) groups is 1. The minimum atomic E-state index is -0.497. The summed E-state index contributed by atoms with van der Waals surface area (Å²) in [6, 6.07) is 15.0. The van der Waals surface area contributed by atoms with E-state index in [0.717, 1.165) is 36.7 Å². The first-order valence-corrected chi connectivity index (χ1v) is 12.1. The molecule has 0 radical (unpaired) electrons. The Morgan fingerprint density at radius 3 is 2.50 bits per heavy atom. The molecule has 0 spiro atoms. The molecule has 1 saturated heterocycles. The molecule has 1 fully saturated rings. The molecule has 1 aromatic heterocycles. The van der Waals surface area contributed by atoms with Crippen LogP contribution in [0, 0.1) is 0 Å². The predicted molar refractivity (Wildman–Crippen MR) is 134 cm³/mol. The van der Waals surface area contributed by atoms with Gasteiger partial charge < -0.3 is 14.5 Å². The van der Waals surface area contributed by atoms with E-state index < -0.39 is 5.60 Å². The summed E-state index contributed by atoms with van der Waals surface area (Å²) in [4.78, 5) is 28.0. The normalized spacial score (nSPS) is 16.7. The van der Waals surface area contributed by atoms with Crippen LogP contribution in [-0.2, 0) is 24.4 Å². The third-order valence-corrected chi connectivity index (χ3v) is 6.47. The van der Waals surface area contributed by atoms with Gasteiger partial charge in [0.15, 0.2) is 0 Å². The van der Waals surface area contributed by atoms with Crippen LogP contribution in [0.25, 0.3) is 10.8 Å². The van der Waals surface area contributed by atoms with Gasteiger partial charge in [-0.1, -0.05) is 42.5 Å². The third kappa shape index (κ3) is 4.81. The summed E-state index contributed by atoms with van der Waals surface area (Å²) >= 11 is 6.33. The third-order valence-electron chi connectivity index (χ3n) is 6.30. The number of hydrogen-bond acceptors (Lipinski definition) is 6. The van der Waals surface area contributed by atoms with E-state index in [1.165, 1.54) is 16.3 Å². The van der Waals surface area contributed by atoms with Gasteiger partial charge in [0.05, 0.1) is 5.69 Å². The van der Waals surface area contributed by atoms with Gasteiger partial charge in [-0.25, -0.2) is 14.8 Å². The molecule has 3 aromatic rings. The molecule has 0 bridgehead atoms. The van der Waals surface area contributed by atoms with E-state index in [9.17, 15) is 4.79 Å². The van der Waals surface area contributed by atoms with E-state index in [2.05, 4.69) is 62.2 Å². The Labute approximate surface area is 205 Å². The summed E-state index contributed by atoms with van der Waals surface area (Å²) in [5.41, 5.74) is 2.93. The highest BCUT2D eigenvalue weighted by Crippen LogP contribution is 2.33. The summed E-state index contributed by atoms with van der Waals surface area (Å²) in [6.07, 6.45) is -0.264. The summed E-state index contributed by atoms with van der Waals surface area (Å²) in [6.45, 7) is 10.6. The maximum Gasteiger partial charge on any atom is 0.410 e. The minimum absolute atomic E-state index is 0.264. The van der Waals surface area contributed by atoms with Crippen LogP contribution in [0.2, 0.25) is 5.28 Å². The van der Waals surface area contributed by atoms with E-state index in [0.29, 0.717) is 26.2 Å². The van der Waals surface area contributed by atoms with Gasteiger partial charge in [0.25, 0.3) is 0 Å². The van der Waals surface area contributed by atoms with Gasteiger partial charge in [-0.2, -0.15) is 0 Å². The average Bonchev–Trinajstić information content (AvgIpc) is 3.20. The van der Waals surface area contributed by atoms with Crippen molar-refractivity contribution < 1.29 is 9.53 Å². The maximum absolute atomic E-state index is 12.4. The highest BCUT2D eigenvalue weighted by atomic mass is 35.5. The molecule has 0 N–H and O–H groups in total. The van der Waals surface area contributed by atoms with Crippen LogP contribution >= 0.6 is 11.6 Å². The van der Waals surface area contributed by atoms with Crippen LogP contribution < -0.4 is 4.90 Å². The summed E-state index contributed by atoms with van der Waals surface area (Å²) in [5, 5.41) is 2.81. The Hall–Kier alpha value is -2.90. The summed E-state index contributed by atoms with van der Waals surface area (Å²) in [7, 11) is 0. The number of aromatic nitrogens is 2. The van der Waals surface area contributed by atoms with Crippen LogP contribution in [0.5, 0.6) is 0 Å². The Bertz CT molecular complexity index is 1210. The standard InChI is InChI=1S/C26H30ClN5O2/c1-26(2,3)34-25(33)32-13-11-31(12-14-32)23-21-16-30(17-22(21)28-24(27)29-23)15-19-9-6-8-18-7-4-5-10-20(18)19/h4-10H,11-17H2,1-3H3. The van der Waals surface area contributed by atoms with Crippen molar-refractivity contribution in [2.75, 3.05) is 31.1 Å². The van der Waals surface area contributed by atoms with Crippen molar-refractivity contribution in [1.29, 1.82) is 0 Å². The first-order chi connectivity index (χ1) is 16.3. The number of ether oxygens (including phenoxy) is 1. The smallest absolute Gasteiger partial charge is 0.410 e. The molecule has 1 amide bonds. The fraction of sp³-hybridized carbons (Fsp3) is 0.423. The molecule has 2 aliphatic heterocycles. The molecule has 0 saturated carbocycles. The first kappa shape index (κ1) is 22.9. The molecule has 0 unspecified atom stereocenters. The predicted octanol–water partition coefficient (Wildman–Crippen LogP) is 4.86. The lowest BCUT2D eigenvalue weighted by Gasteiger charge is -2.36. The molecule has 7 nitrogen and oxygen atoms in total. The zero-order valence-corrected chi connectivity index (χ0v) is 20.7. The van der Waals surface area contributed by atoms with E-state index >= 15 is 0 Å². The fourth-order valence-electron chi connectivity index (χ4n) is 4.74. The molecule has 178 valence electrons. The second kappa shape index (κ2) is 9.04. The second-order valence-corrected chi connectivity index (χ2v) is 10.3. The van der Waals surface area contributed by atoms with E-state index in [4.69, 9.17) is 16.3 Å². The van der Waals surface area contributed by atoms with Crippen molar-refractivity contribution in [3.8, 4) is 0 Å². The number of piperazine rings is 1. The molecule has 5 rings (SSSR count). The van der Waals surface area contributed by atoms with Gasteiger partial charge in [-0.3, -0.25) is 4.90 Å². The fourth-order valence-corrected chi connectivity index (χ4v) is 4.93. The largest absolute Gasteiger partial charge is 0.444 e. The molecule has 8 heteroatoms. The van der Waals surface area contributed by atoms with Crippen LogP contribution in [0.15, 0.2) is 42.5 Å². The Morgan fingerprint density at radius 1 is 1.00 bits per heavy atom. The van der Waals surface area contributed by atoms with Gasteiger partial charge in [-0.15, -0.1) is 0 Å². The number of hydrogen-bond donors (Lipinski definition) is 0. The Kier molecular flexibility index (Phi) is 6.08. The van der Waals surface area contributed by atoms with Gasteiger partial charge >= 0.3 is 6.09 Å².